The number of nitrogens with zero attached hydrogens (tertiary/aromatic N) is 1. The molecule has 1 heterocycles. The van der Waals surface area contributed by atoms with Crippen molar-refractivity contribution in [3.05, 3.63) is 45.7 Å². The van der Waals surface area contributed by atoms with E-state index >= 15 is 0 Å². The lowest BCUT2D eigenvalue weighted by atomic mass is 10.2. The molecule has 0 radical (unpaired) electrons. The highest BCUT2D eigenvalue weighted by Crippen LogP contribution is 2.13. The third-order valence-corrected chi connectivity index (χ3v) is 2.55. The van der Waals surface area contributed by atoms with E-state index in [9.17, 15) is 4.79 Å². The standard InChI is InChI=1S/C11H10ClNO/c1-2-13-7-9(12)11(14)8-5-3-4-6-10(8)13/h3-7H,2H2,1H3. The monoisotopic (exact) mass is 207 g/mol. The Labute approximate surface area is 86.7 Å². The highest BCUT2D eigenvalue weighted by atomic mass is 35.5. The Kier molecular flexibility index (Phi) is 2.30. The Bertz CT molecular complexity index is 530. The summed E-state index contributed by atoms with van der Waals surface area (Å²) >= 11 is 5.84. The molecule has 0 aliphatic carbocycles. The van der Waals surface area contributed by atoms with E-state index < -0.39 is 0 Å². The van der Waals surface area contributed by atoms with Gasteiger partial charge < -0.3 is 4.57 Å². The normalized spacial score (nSPS) is 10.7. The molecule has 0 saturated carbocycles. The number of benzene rings is 1. The summed E-state index contributed by atoms with van der Waals surface area (Å²) in [5.41, 5.74) is 0.844. The number of rotatable bonds is 1. The second-order valence-electron chi connectivity index (χ2n) is 3.11. The van der Waals surface area contributed by atoms with Crippen molar-refractivity contribution in [3.8, 4) is 0 Å². The molecule has 0 fully saturated rings. The zero-order valence-corrected chi connectivity index (χ0v) is 8.58. The molecule has 0 bridgehead atoms. The van der Waals surface area contributed by atoms with Crippen molar-refractivity contribution in [2.75, 3.05) is 0 Å². The zero-order valence-electron chi connectivity index (χ0n) is 7.83. The Morgan fingerprint density at radius 2 is 2.07 bits per heavy atom. The Morgan fingerprint density at radius 1 is 1.36 bits per heavy atom. The van der Waals surface area contributed by atoms with Crippen LogP contribution in [0.15, 0.2) is 35.3 Å². The topological polar surface area (TPSA) is 22.0 Å². The maximum Gasteiger partial charge on any atom is 0.207 e. The predicted octanol–water partition coefficient (Wildman–Crippen LogP) is 2.67. The average molecular weight is 208 g/mol. The number of aromatic nitrogens is 1. The van der Waals surface area contributed by atoms with Gasteiger partial charge in [0.25, 0.3) is 0 Å². The molecule has 3 heteroatoms. The highest BCUT2D eigenvalue weighted by Gasteiger charge is 2.04. The van der Waals surface area contributed by atoms with Crippen molar-refractivity contribution in [2.45, 2.75) is 13.5 Å². The van der Waals surface area contributed by atoms with Gasteiger partial charge >= 0.3 is 0 Å². The summed E-state index contributed by atoms with van der Waals surface area (Å²) < 4.78 is 1.97. The minimum Gasteiger partial charge on any atom is -0.346 e. The van der Waals surface area contributed by atoms with Crippen LogP contribution in [0.25, 0.3) is 10.9 Å². The third kappa shape index (κ3) is 1.32. The highest BCUT2D eigenvalue weighted by molar-refractivity contribution is 6.31. The van der Waals surface area contributed by atoms with Crippen molar-refractivity contribution in [1.82, 2.24) is 4.57 Å². The molecule has 0 aliphatic heterocycles. The van der Waals surface area contributed by atoms with Gasteiger partial charge in [-0.05, 0) is 19.1 Å². The number of aryl methyl sites for hydroxylation is 1. The quantitative estimate of drug-likeness (QED) is 0.705. The molecule has 1 aromatic heterocycles. The van der Waals surface area contributed by atoms with Crippen LogP contribution in [-0.4, -0.2) is 4.57 Å². The molecule has 0 spiro atoms. The molecular weight excluding hydrogens is 198 g/mol. The smallest absolute Gasteiger partial charge is 0.207 e. The minimum atomic E-state index is -0.0908. The SMILES string of the molecule is CCn1cc(Cl)c(=O)c2ccccc21. The first kappa shape index (κ1) is 9.28. The number of hydrogen-bond donors (Lipinski definition) is 0. The minimum absolute atomic E-state index is 0.0908. The zero-order chi connectivity index (χ0) is 10.1. The van der Waals surface area contributed by atoms with E-state index in [-0.39, 0.29) is 10.5 Å². The van der Waals surface area contributed by atoms with Crippen LogP contribution in [0.1, 0.15) is 6.92 Å². The van der Waals surface area contributed by atoms with Crippen LogP contribution in [0.4, 0.5) is 0 Å². The van der Waals surface area contributed by atoms with Crippen LogP contribution >= 0.6 is 11.6 Å². The molecule has 2 aromatic rings. The molecule has 0 aliphatic rings. The van der Waals surface area contributed by atoms with Crippen LogP contribution < -0.4 is 5.43 Å². The average Bonchev–Trinajstić information content (AvgIpc) is 2.23. The van der Waals surface area contributed by atoms with Crippen molar-refractivity contribution in [1.29, 1.82) is 0 Å². The fourth-order valence-electron chi connectivity index (χ4n) is 1.57. The van der Waals surface area contributed by atoms with E-state index in [2.05, 4.69) is 0 Å². The molecular formula is C11H10ClNO. The van der Waals surface area contributed by atoms with Gasteiger partial charge in [0, 0.05) is 18.1 Å². The molecule has 0 saturated heterocycles. The maximum absolute atomic E-state index is 11.7. The Hall–Kier alpha value is -1.28. The molecule has 72 valence electrons. The van der Waals surface area contributed by atoms with E-state index in [1.165, 1.54) is 0 Å². The largest absolute Gasteiger partial charge is 0.346 e. The van der Waals surface area contributed by atoms with Gasteiger partial charge in [0.15, 0.2) is 0 Å². The van der Waals surface area contributed by atoms with Gasteiger partial charge in [-0.1, -0.05) is 23.7 Å². The summed E-state index contributed by atoms with van der Waals surface area (Å²) in [5, 5.41) is 0.965. The van der Waals surface area contributed by atoms with E-state index in [1.54, 1.807) is 12.3 Å². The summed E-state index contributed by atoms with van der Waals surface area (Å²) in [6.45, 7) is 2.83. The first-order chi connectivity index (χ1) is 6.74. The van der Waals surface area contributed by atoms with Crippen LogP contribution in [0.5, 0.6) is 0 Å². The summed E-state index contributed by atoms with van der Waals surface area (Å²) in [6, 6.07) is 7.49. The van der Waals surface area contributed by atoms with Gasteiger partial charge in [0.2, 0.25) is 5.43 Å². The van der Waals surface area contributed by atoms with Crippen molar-refractivity contribution in [2.24, 2.45) is 0 Å². The molecule has 14 heavy (non-hydrogen) atoms. The first-order valence-corrected chi connectivity index (χ1v) is 4.89. The number of para-hydroxylation sites is 1. The molecule has 2 rings (SSSR count). The lowest BCUT2D eigenvalue weighted by Gasteiger charge is -2.08. The van der Waals surface area contributed by atoms with Gasteiger partial charge in [0.1, 0.15) is 5.02 Å². The molecule has 0 amide bonds. The van der Waals surface area contributed by atoms with E-state index in [0.717, 1.165) is 12.1 Å². The number of halogens is 1. The van der Waals surface area contributed by atoms with E-state index in [1.807, 2.05) is 29.7 Å². The Balaban J connectivity index is 2.97. The summed E-state index contributed by atoms with van der Waals surface area (Å²) in [5.74, 6) is 0. The lowest BCUT2D eigenvalue weighted by Crippen LogP contribution is -2.08. The van der Waals surface area contributed by atoms with Crippen LogP contribution in [0, 0.1) is 0 Å². The van der Waals surface area contributed by atoms with E-state index in [4.69, 9.17) is 11.6 Å². The van der Waals surface area contributed by atoms with Gasteiger partial charge in [-0.2, -0.15) is 0 Å². The molecule has 0 N–H and O–H groups in total. The van der Waals surface area contributed by atoms with Crippen molar-refractivity contribution >= 4 is 22.5 Å². The van der Waals surface area contributed by atoms with Crippen molar-refractivity contribution < 1.29 is 0 Å². The lowest BCUT2D eigenvalue weighted by molar-refractivity contribution is 0.788. The molecule has 0 atom stereocenters. The van der Waals surface area contributed by atoms with Crippen LogP contribution in [0.3, 0.4) is 0 Å². The fourth-order valence-corrected chi connectivity index (χ4v) is 1.79. The molecule has 2 nitrogen and oxygen atoms in total. The first-order valence-electron chi connectivity index (χ1n) is 4.51. The maximum atomic E-state index is 11.7. The van der Waals surface area contributed by atoms with Gasteiger partial charge in [-0.15, -0.1) is 0 Å². The van der Waals surface area contributed by atoms with Gasteiger partial charge in [-0.25, -0.2) is 0 Å². The van der Waals surface area contributed by atoms with Crippen LogP contribution in [-0.2, 0) is 6.54 Å². The number of hydrogen-bond acceptors (Lipinski definition) is 1. The second-order valence-corrected chi connectivity index (χ2v) is 3.52. The number of pyridine rings is 1. The molecule has 0 unspecified atom stereocenters. The van der Waals surface area contributed by atoms with Crippen molar-refractivity contribution in [3.63, 3.8) is 0 Å². The number of fused-ring (bicyclic) bond motifs is 1. The summed E-state index contributed by atoms with van der Waals surface area (Å²) in [6.07, 6.45) is 1.69. The second kappa shape index (κ2) is 3.46. The van der Waals surface area contributed by atoms with E-state index in [0.29, 0.717) is 5.39 Å². The predicted molar refractivity (Wildman–Crippen MR) is 58.9 cm³/mol. The van der Waals surface area contributed by atoms with Gasteiger partial charge in [-0.3, -0.25) is 4.79 Å². The summed E-state index contributed by atoms with van der Waals surface area (Å²) in [4.78, 5) is 11.7. The third-order valence-electron chi connectivity index (χ3n) is 2.28. The summed E-state index contributed by atoms with van der Waals surface area (Å²) in [7, 11) is 0. The Morgan fingerprint density at radius 3 is 2.79 bits per heavy atom. The fraction of sp³-hybridized carbons (Fsp3) is 0.182. The van der Waals surface area contributed by atoms with Gasteiger partial charge in [0.05, 0.1) is 5.52 Å². The molecule has 1 aromatic carbocycles. The van der Waals surface area contributed by atoms with Crippen LogP contribution in [0.2, 0.25) is 5.02 Å².